The molecule has 0 unspecified atom stereocenters. The molecular weight excluding hydrogens is 492 g/mol. The average molecular weight is 519 g/mol. The first-order valence-electron chi connectivity index (χ1n) is 11.1. The number of halogens is 4. The largest absolute Gasteiger partial charge is 0.468 e. The molecule has 0 bridgehead atoms. The van der Waals surface area contributed by atoms with Crippen LogP contribution < -0.4 is 10.1 Å². The number of carbonyl (C=O) groups excluding carboxylic acids is 1. The molecule has 4 rings (SSSR count). The lowest BCUT2D eigenvalue weighted by molar-refractivity contribution is -0.154. The summed E-state index contributed by atoms with van der Waals surface area (Å²) in [5, 5.41) is 7.40. The number of carbonyl (C=O) groups is 1. The summed E-state index contributed by atoms with van der Waals surface area (Å²) in [6.45, 7) is 3.89. The number of pyridine rings is 1. The summed E-state index contributed by atoms with van der Waals surface area (Å²) in [6, 6.07) is 0.977. The molecule has 0 saturated carbocycles. The van der Waals surface area contributed by atoms with Gasteiger partial charge in [-0.3, -0.25) is 9.48 Å². The minimum absolute atomic E-state index is 0.0251. The third-order valence-electron chi connectivity index (χ3n) is 6.13. The summed E-state index contributed by atoms with van der Waals surface area (Å²) in [5.74, 6) is -1.99. The van der Waals surface area contributed by atoms with Gasteiger partial charge in [0.05, 0.1) is 28.9 Å². The van der Waals surface area contributed by atoms with Crippen LogP contribution in [0.2, 0.25) is 0 Å². The first kappa shape index (κ1) is 25.4. The topological polar surface area (TPSA) is 103 Å². The molecule has 8 nitrogen and oxygen atoms in total. The Morgan fingerprint density at radius 3 is 2.63 bits per heavy atom. The molecule has 0 aromatic carbocycles. The van der Waals surface area contributed by atoms with Gasteiger partial charge in [0.25, 0.3) is 0 Å². The van der Waals surface area contributed by atoms with Gasteiger partial charge in [-0.2, -0.15) is 18.3 Å². The van der Waals surface area contributed by atoms with E-state index in [9.17, 15) is 30.8 Å². The van der Waals surface area contributed by atoms with Crippen LogP contribution in [0.25, 0.3) is 11.3 Å². The second-order valence-electron chi connectivity index (χ2n) is 9.74. The van der Waals surface area contributed by atoms with E-state index < -0.39 is 39.9 Å². The molecule has 13 heteroatoms. The number of hydrogen-bond donors (Lipinski definition) is 1. The van der Waals surface area contributed by atoms with Gasteiger partial charge >= 0.3 is 6.18 Å². The molecule has 1 aliphatic heterocycles. The summed E-state index contributed by atoms with van der Waals surface area (Å²) in [5.41, 5.74) is 0.921. The van der Waals surface area contributed by atoms with Crippen molar-refractivity contribution in [3.05, 3.63) is 29.3 Å². The summed E-state index contributed by atoms with van der Waals surface area (Å²) in [4.78, 5) is 16.5. The first-order chi connectivity index (χ1) is 16.2. The molecule has 1 atom stereocenters. The van der Waals surface area contributed by atoms with Gasteiger partial charge in [0.2, 0.25) is 11.8 Å². The molecule has 1 amide bonds. The van der Waals surface area contributed by atoms with Crippen LogP contribution in [0.4, 0.5) is 17.6 Å². The maximum absolute atomic E-state index is 14.7. The number of sulfone groups is 1. The van der Waals surface area contributed by atoms with E-state index in [2.05, 4.69) is 20.1 Å². The van der Waals surface area contributed by atoms with Crippen molar-refractivity contribution in [1.29, 1.82) is 0 Å². The van der Waals surface area contributed by atoms with Crippen molar-refractivity contribution in [3.63, 3.8) is 0 Å². The average Bonchev–Trinajstić information content (AvgIpc) is 3.09. The van der Waals surface area contributed by atoms with E-state index in [1.807, 2.05) is 13.8 Å². The second-order valence-corrected chi connectivity index (χ2v) is 11.8. The normalized spacial score (nSPS) is 20.7. The minimum atomic E-state index is -4.56. The van der Waals surface area contributed by atoms with Gasteiger partial charge in [0.15, 0.2) is 22.3 Å². The van der Waals surface area contributed by atoms with Crippen molar-refractivity contribution >= 4 is 15.7 Å². The van der Waals surface area contributed by atoms with Crippen molar-refractivity contribution in [2.45, 2.75) is 57.8 Å². The Hall–Kier alpha value is -2.70. The monoisotopic (exact) mass is 518 g/mol. The Kier molecular flexibility index (Phi) is 6.35. The van der Waals surface area contributed by atoms with Crippen LogP contribution in [0.5, 0.6) is 5.88 Å². The fraction of sp³-hybridized carbons (Fsp3) is 0.591. The van der Waals surface area contributed by atoms with Crippen molar-refractivity contribution in [2.24, 2.45) is 5.92 Å². The molecule has 2 aromatic heterocycles. The Labute approximate surface area is 200 Å². The minimum Gasteiger partial charge on any atom is -0.468 e. The summed E-state index contributed by atoms with van der Waals surface area (Å²) in [6.07, 6.45) is -2.62. The highest BCUT2D eigenvalue weighted by Gasteiger charge is 2.46. The maximum atomic E-state index is 14.7. The van der Waals surface area contributed by atoms with Crippen molar-refractivity contribution in [2.75, 3.05) is 18.1 Å². The molecule has 35 heavy (non-hydrogen) atoms. The van der Waals surface area contributed by atoms with Gasteiger partial charge in [-0.05, 0) is 33.6 Å². The van der Waals surface area contributed by atoms with Gasteiger partial charge in [0, 0.05) is 41.3 Å². The number of aromatic nitrogens is 3. The number of alkyl halides is 3. The Balaban J connectivity index is 1.60. The summed E-state index contributed by atoms with van der Waals surface area (Å²) < 4.78 is 81.8. The highest BCUT2D eigenvalue weighted by Crippen LogP contribution is 2.37. The summed E-state index contributed by atoms with van der Waals surface area (Å²) in [7, 11) is -3.12. The smallest absolute Gasteiger partial charge is 0.422 e. The van der Waals surface area contributed by atoms with Gasteiger partial charge in [-0.1, -0.05) is 0 Å². The van der Waals surface area contributed by atoms with Crippen molar-refractivity contribution < 1.29 is 35.5 Å². The molecule has 1 aliphatic carbocycles. The summed E-state index contributed by atoms with van der Waals surface area (Å²) >= 11 is 0. The Bertz CT molecular complexity index is 1240. The molecule has 192 valence electrons. The molecule has 2 aromatic rings. The zero-order valence-electron chi connectivity index (χ0n) is 19.4. The standard InChI is InChI=1S/C22H26F4N4O4S/c1-12(2)30-17-6-13(20(31)28-21(3)10-35(32,33)11-21)4-5-14(17)19(29-30)15-7-18(27-8-16(15)23)34-9-22(24,25)26/h7-8,12-13H,4-6,9-11H2,1-3H3,(H,28,31)/t13-/m1/s1. The van der Waals surface area contributed by atoms with Crippen LogP contribution in [-0.2, 0) is 27.5 Å². The lowest BCUT2D eigenvalue weighted by Crippen LogP contribution is -2.64. The van der Waals surface area contributed by atoms with Gasteiger partial charge < -0.3 is 10.1 Å². The van der Waals surface area contributed by atoms with Crippen LogP contribution in [-0.4, -0.2) is 58.9 Å². The van der Waals surface area contributed by atoms with E-state index in [1.54, 1.807) is 11.6 Å². The molecule has 1 fully saturated rings. The predicted octanol–water partition coefficient (Wildman–Crippen LogP) is 3.01. The van der Waals surface area contributed by atoms with Crippen LogP contribution >= 0.6 is 0 Å². The number of fused-ring (bicyclic) bond motifs is 1. The second kappa shape index (κ2) is 8.75. The number of nitrogens with one attached hydrogen (secondary N) is 1. The number of ether oxygens (including phenoxy) is 1. The molecule has 2 aliphatic rings. The van der Waals surface area contributed by atoms with Crippen LogP contribution in [0.15, 0.2) is 12.3 Å². The maximum Gasteiger partial charge on any atom is 0.422 e. The lowest BCUT2D eigenvalue weighted by atomic mass is 9.84. The number of hydrogen-bond acceptors (Lipinski definition) is 6. The SMILES string of the molecule is CC(C)n1nc(-c2cc(OCC(F)(F)F)ncc2F)c2c1C[C@H](C(=O)NC1(C)CS(=O)(=O)C1)CC2. The highest BCUT2D eigenvalue weighted by molar-refractivity contribution is 7.93. The van der Waals surface area contributed by atoms with Gasteiger partial charge in [0.1, 0.15) is 0 Å². The van der Waals surface area contributed by atoms with Crippen molar-refractivity contribution in [3.8, 4) is 17.1 Å². The van der Waals surface area contributed by atoms with E-state index in [4.69, 9.17) is 0 Å². The van der Waals surface area contributed by atoms with Gasteiger partial charge in [-0.25, -0.2) is 17.8 Å². The number of nitrogens with zero attached hydrogens (tertiary/aromatic N) is 3. The van der Waals surface area contributed by atoms with Crippen molar-refractivity contribution in [1.82, 2.24) is 20.1 Å². The molecule has 0 radical (unpaired) electrons. The molecule has 3 heterocycles. The quantitative estimate of drug-likeness (QED) is 0.590. The number of amides is 1. The van der Waals surface area contributed by atoms with Crippen LogP contribution in [0, 0.1) is 11.7 Å². The first-order valence-corrected chi connectivity index (χ1v) is 13.0. The Morgan fingerprint density at radius 2 is 2.03 bits per heavy atom. The van der Waals surface area contributed by atoms with Crippen LogP contribution in [0.1, 0.15) is 44.5 Å². The molecule has 0 spiro atoms. The molecular formula is C22H26F4N4O4S. The predicted molar refractivity (Wildman–Crippen MR) is 118 cm³/mol. The molecule has 1 saturated heterocycles. The number of rotatable bonds is 6. The van der Waals surface area contributed by atoms with Gasteiger partial charge in [-0.15, -0.1) is 0 Å². The molecule has 1 N–H and O–H groups in total. The third kappa shape index (κ3) is 5.44. The van der Waals surface area contributed by atoms with E-state index in [-0.39, 0.29) is 40.6 Å². The lowest BCUT2D eigenvalue weighted by Gasteiger charge is -2.39. The van der Waals surface area contributed by atoms with E-state index >= 15 is 0 Å². The van der Waals surface area contributed by atoms with Crippen LogP contribution in [0.3, 0.4) is 0 Å². The Morgan fingerprint density at radius 1 is 1.34 bits per heavy atom. The van der Waals surface area contributed by atoms with E-state index in [1.165, 1.54) is 0 Å². The third-order valence-corrected chi connectivity index (χ3v) is 8.29. The fourth-order valence-corrected chi connectivity index (χ4v) is 6.74. The zero-order valence-corrected chi connectivity index (χ0v) is 20.3. The van der Waals surface area contributed by atoms with E-state index in [0.29, 0.717) is 24.8 Å². The zero-order chi connectivity index (χ0) is 25.8. The highest BCUT2D eigenvalue weighted by atomic mass is 32.2. The fourth-order valence-electron chi connectivity index (χ4n) is 4.74. The van der Waals surface area contributed by atoms with E-state index in [0.717, 1.165) is 18.0 Å².